The van der Waals surface area contributed by atoms with Crippen LogP contribution in [0.5, 0.6) is 0 Å². The standard InChI is InChI=1S/C52H32N2/c1-2-10-38(11-3-1)51-46-16-6-7-19-48(46)53-52(54-51)39-28-24-34(25-29-39)33-20-22-35(23-21-33)40-30-31-43-45-18-9-13-37-27-26-36-12-8-17-44(49(36)50(37)45)41-14-4-5-15-42(41)47(43)32-40/h1-32H. The predicted octanol–water partition coefficient (Wildman–Crippen LogP) is 14.1. The number of hydrogen-bond donors (Lipinski definition) is 0. The maximum atomic E-state index is 5.07. The van der Waals surface area contributed by atoms with Crippen LogP contribution in [0.15, 0.2) is 194 Å². The van der Waals surface area contributed by atoms with Crippen molar-refractivity contribution in [3.8, 4) is 44.9 Å². The molecular formula is C52H32N2. The summed E-state index contributed by atoms with van der Waals surface area (Å²) < 4.78 is 0. The fourth-order valence-corrected chi connectivity index (χ4v) is 8.43. The number of aromatic nitrogens is 2. The molecule has 0 unspecified atom stereocenters. The highest BCUT2D eigenvalue weighted by Crippen LogP contribution is 2.41. The third kappa shape index (κ3) is 4.88. The SMILES string of the molecule is c1ccc(-c2nc(-c3ccc(-c4ccc(-c5ccc6c(c5)c5ccccc5c5cccc7ccc8cccc6c8c75)cc4)cc3)nc3ccccc23)cc1. The van der Waals surface area contributed by atoms with Crippen LogP contribution >= 0.6 is 0 Å². The van der Waals surface area contributed by atoms with E-state index in [2.05, 4.69) is 176 Å². The lowest BCUT2D eigenvalue weighted by Gasteiger charge is -2.14. The number of para-hydroxylation sites is 1. The van der Waals surface area contributed by atoms with Gasteiger partial charge in [0.2, 0.25) is 0 Å². The Morgan fingerprint density at radius 3 is 1.39 bits per heavy atom. The first-order valence-electron chi connectivity index (χ1n) is 18.5. The second-order valence-electron chi connectivity index (χ2n) is 14.1. The zero-order valence-electron chi connectivity index (χ0n) is 29.4. The Balaban J connectivity index is 0.993. The third-order valence-corrected chi connectivity index (χ3v) is 11.0. The van der Waals surface area contributed by atoms with Crippen LogP contribution in [-0.2, 0) is 0 Å². The molecule has 250 valence electrons. The van der Waals surface area contributed by atoms with E-state index in [1.807, 2.05) is 18.2 Å². The highest BCUT2D eigenvalue weighted by Gasteiger charge is 2.14. The molecule has 10 aromatic carbocycles. The molecule has 0 aliphatic rings. The van der Waals surface area contributed by atoms with Gasteiger partial charge in [-0.25, -0.2) is 9.97 Å². The molecule has 2 nitrogen and oxygen atoms in total. The van der Waals surface area contributed by atoms with Gasteiger partial charge in [0.05, 0.1) is 11.2 Å². The summed E-state index contributed by atoms with van der Waals surface area (Å²) in [5, 5.41) is 13.9. The van der Waals surface area contributed by atoms with Crippen molar-refractivity contribution in [2.75, 3.05) is 0 Å². The van der Waals surface area contributed by atoms with E-state index >= 15 is 0 Å². The van der Waals surface area contributed by atoms with E-state index in [9.17, 15) is 0 Å². The lowest BCUT2D eigenvalue weighted by Crippen LogP contribution is -1.95. The maximum absolute atomic E-state index is 5.07. The molecule has 0 aliphatic heterocycles. The second kappa shape index (κ2) is 12.2. The van der Waals surface area contributed by atoms with Crippen LogP contribution in [-0.4, -0.2) is 9.97 Å². The molecule has 11 aromatic rings. The van der Waals surface area contributed by atoms with Gasteiger partial charge in [-0.3, -0.25) is 0 Å². The molecule has 0 saturated heterocycles. The van der Waals surface area contributed by atoms with E-state index < -0.39 is 0 Å². The Hall–Kier alpha value is -7.16. The van der Waals surface area contributed by atoms with Gasteiger partial charge in [0.15, 0.2) is 5.82 Å². The highest BCUT2D eigenvalue weighted by molar-refractivity contribution is 6.32. The normalized spacial score (nSPS) is 11.7. The lowest BCUT2D eigenvalue weighted by molar-refractivity contribution is 1.23. The second-order valence-corrected chi connectivity index (χ2v) is 14.1. The van der Waals surface area contributed by atoms with Crippen molar-refractivity contribution < 1.29 is 0 Å². The van der Waals surface area contributed by atoms with Gasteiger partial charge in [-0.15, -0.1) is 0 Å². The summed E-state index contributed by atoms with van der Waals surface area (Å²) in [5.41, 5.74) is 8.69. The quantitative estimate of drug-likeness (QED) is 0.172. The van der Waals surface area contributed by atoms with Crippen LogP contribution in [0.25, 0.3) is 110 Å². The summed E-state index contributed by atoms with van der Waals surface area (Å²) in [6, 6.07) is 70.0. The molecule has 0 atom stereocenters. The van der Waals surface area contributed by atoms with Crippen molar-refractivity contribution in [2.45, 2.75) is 0 Å². The molecule has 0 saturated carbocycles. The molecule has 54 heavy (non-hydrogen) atoms. The van der Waals surface area contributed by atoms with E-state index in [0.29, 0.717) is 0 Å². The predicted molar refractivity (Wildman–Crippen MR) is 229 cm³/mol. The highest BCUT2D eigenvalue weighted by atomic mass is 14.9. The van der Waals surface area contributed by atoms with Gasteiger partial charge in [0.25, 0.3) is 0 Å². The van der Waals surface area contributed by atoms with Gasteiger partial charge in [0.1, 0.15) is 0 Å². The van der Waals surface area contributed by atoms with Crippen molar-refractivity contribution in [3.05, 3.63) is 194 Å². The molecule has 1 heterocycles. The van der Waals surface area contributed by atoms with Gasteiger partial charge in [-0.1, -0.05) is 182 Å². The maximum Gasteiger partial charge on any atom is 0.160 e. The minimum atomic E-state index is 0.728. The first-order valence-corrected chi connectivity index (χ1v) is 18.5. The minimum absolute atomic E-state index is 0.728. The smallest absolute Gasteiger partial charge is 0.160 e. The van der Waals surface area contributed by atoms with Gasteiger partial charge >= 0.3 is 0 Å². The Kier molecular flexibility index (Phi) is 6.90. The lowest BCUT2D eigenvalue weighted by atomic mass is 9.89. The largest absolute Gasteiger partial charge is 0.228 e. The van der Waals surface area contributed by atoms with E-state index in [0.717, 1.165) is 39.1 Å². The number of benzene rings is 9. The Labute approximate surface area is 312 Å². The van der Waals surface area contributed by atoms with E-state index in [1.165, 1.54) is 70.6 Å². The summed E-state index contributed by atoms with van der Waals surface area (Å²) in [7, 11) is 0. The zero-order chi connectivity index (χ0) is 35.6. The van der Waals surface area contributed by atoms with E-state index in [1.54, 1.807) is 0 Å². The number of fused-ring (bicyclic) bond motifs is 6. The molecule has 0 radical (unpaired) electrons. The third-order valence-electron chi connectivity index (χ3n) is 11.0. The average molecular weight is 685 g/mol. The summed E-state index contributed by atoms with van der Waals surface area (Å²) in [6.45, 7) is 0. The van der Waals surface area contributed by atoms with Crippen molar-refractivity contribution in [2.24, 2.45) is 0 Å². The number of rotatable bonds is 4. The average Bonchev–Trinajstić information content (AvgIpc) is 3.25. The van der Waals surface area contributed by atoms with E-state index in [-0.39, 0.29) is 0 Å². The zero-order valence-corrected chi connectivity index (χ0v) is 29.4. The Bertz CT molecular complexity index is 3240. The summed E-state index contributed by atoms with van der Waals surface area (Å²) in [4.78, 5) is 10.0. The van der Waals surface area contributed by atoms with Crippen LogP contribution in [0.3, 0.4) is 0 Å². The van der Waals surface area contributed by atoms with Gasteiger partial charge in [-0.05, 0) is 88.2 Å². The molecule has 0 spiro atoms. The molecule has 2 heteroatoms. The minimum Gasteiger partial charge on any atom is -0.228 e. The van der Waals surface area contributed by atoms with Gasteiger partial charge in [-0.2, -0.15) is 0 Å². The first kappa shape index (κ1) is 30.5. The van der Waals surface area contributed by atoms with Crippen LogP contribution in [0.1, 0.15) is 0 Å². The number of hydrogen-bond acceptors (Lipinski definition) is 2. The summed E-state index contributed by atoms with van der Waals surface area (Å²) in [6.07, 6.45) is 0. The van der Waals surface area contributed by atoms with Crippen molar-refractivity contribution >= 4 is 64.8 Å². The van der Waals surface area contributed by atoms with Crippen molar-refractivity contribution in [3.63, 3.8) is 0 Å². The van der Waals surface area contributed by atoms with Gasteiger partial charge in [0, 0.05) is 16.5 Å². The van der Waals surface area contributed by atoms with Gasteiger partial charge < -0.3 is 0 Å². The fourth-order valence-electron chi connectivity index (χ4n) is 8.43. The molecule has 0 N–H and O–H groups in total. The van der Waals surface area contributed by atoms with E-state index in [4.69, 9.17) is 9.97 Å². The fraction of sp³-hybridized carbons (Fsp3) is 0. The molecule has 0 aliphatic carbocycles. The molecular weight excluding hydrogens is 653 g/mol. The Morgan fingerprint density at radius 1 is 0.259 bits per heavy atom. The molecule has 0 fully saturated rings. The summed E-state index contributed by atoms with van der Waals surface area (Å²) >= 11 is 0. The van der Waals surface area contributed by atoms with Crippen LogP contribution in [0, 0.1) is 0 Å². The topological polar surface area (TPSA) is 25.8 Å². The van der Waals surface area contributed by atoms with Crippen LogP contribution in [0.4, 0.5) is 0 Å². The Morgan fingerprint density at radius 2 is 0.741 bits per heavy atom. The van der Waals surface area contributed by atoms with Crippen LogP contribution in [0.2, 0.25) is 0 Å². The molecule has 1 aromatic heterocycles. The van der Waals surface area contributed by atoms with Crippen LogP contribution < -0.4 is 0 Å². The first-order chi connectivity index (χ1) is 26.8. The monoisotopic (exact) mass is 684 g/mol. The molecule has 0 amide bonds. The van der Waals surface area contributed by atoms with Crippen molar-refractivity contribution in [1.82, 2.24) is 9.97 Å². The molecule has 11 rings (SSSR count). The number of nitrogens with zero attached hydrogens (tertiary/aromatic N) is 2. The van der Waals surface area contributed by atoms with Crippen molar-refractivity contribution in [1.29, 1.82) is 0 Å². The summed E-state index contributed by atoms with van der Waals surface area (Å²) in [5.74, 6) is 0.728. The molecule has 0 bridgehead atoms.